The predicted octanol–water partition coefficient (Wildman–Crippen LogP) is 3.17. The number of halogens is 1. The number of aromatic carboxylic acids is 1. The van der Waals surface area contributed by atoms with Crippen molar-refractivity contribution in [2.75, 3.05) is 19.5 Å². The van der Waals surface area contributed by atoms with Crippen molar-refractivity contribution in [3.63, 3.8) is 0 Å². The van der Waals surface area contributed by atoms with Gasteiger partial charge in [-0.05, 0) is 35.9 Å². The van der Waals surface area contributed by atoms with Crippen LogP contribution in [0.4, 0.5) is 5.69 Å². The molecule has 0 spiro atoms. The molecule has 0 aliphatic heterocycles. The molecule has 2 atom stereocenters. The zero-order valence-electron chi connectivity index (χ0n) is 13.7. The highest BCUT2D eigenvalue weighted by Gasteiger charge is 2.19. The van der Waals surface area contributed by atoms with E-state index >= 15 is 0 Å². The van der Waals surface area contributed by atoms with E-state index in [0.717, 1.165) is 5.57 Å². The topological polar surface area (TPSA) is 84.9 Å². The molecule has 0 fully saturated rings. The van der Waals surface area contributed by atoms with Gasteiger partial charge in [-0.1, -0.05) is 28.1 Å². The Balaban J connectivity index is 2.08. The summed E-state index contributed by atoms with van der Waals surface area (Å²) in [5.41, 5.74) is 1.03. The van der Waals surface area contributed by atoms with E-state index in [1.807, 2.05) is 18.2 Å². The lowest BCUT2D eigenvalue weighted by atomic mass is 10.0. The molecule has 25 heavy (non-hydrogen) atoms. The zero-order chi connectivity index (χ0) is 18.4. The number of hydrogen-bond acceptors (Lipinski definition) is 4. The Morgan fingerprint density at radius 1 is 1.24 bits per heavy atom. The van der Waals surface area contributed by atoms with Crippen molar-refractivity contribution in [1.29, 1.82) is 0 Å². The Bertz CT molecular complexity index is 754. The van der Waals surface area contributed by atoms with Gasteiger partial charge in [0.15, 0.2) is 0 Å². The fourth-order valence-electron chi connectivity index (χ4n) is 2.33. The third-order valence-corrected chi connectivity index (χ3v) is 4.09. The number of benzene rings is 1. The van der Waals surface area contributed by atoms with Crippen molar-refractivity contribution in [2.24, 2.45) is 0 Å². The minimum absolute atomic E-state index is 0.00952. The molecule has 0 heterocycles. The number of nitrogens with one attached hydrogen (secondary N) is 1. The van der Waals surface area contributed by atoms with Crippen molar-refractivity contribution in [3.8, 4) is 0 Å². The summed E-state index contributed by atoms with van der Waals surface area (Å²) in [4.78, 5) is 23.3. The summed E-state index contributed by atoms with van der Waals surface area (Å²) in [7, 11) is 3.18. The molecule has 1 amide bonds. The lowest BCUT2D eigenvalue weighted by Gasteiger charge is -2.22. The standard InChI is InChI=1S/C18H18BrNO5/c1-24-15-7-3-11(9-16(15)25-2)4-8-17(21)20-14-6-5-12(19)10-13(14)18(22)23/h3-10,15-16H,1-2H3,(H,20,21)(H,22,23)/b8-4+. The zero-order valence-corrected chi connectivity index (χ0v) is 15.3. The van der Waals surface area contributed by atoms with Gasteiger partial charge < -0.3 is 19.9 Å². The largest absolute Gasteiger partial charge is 0.478 e. The lowest BCUT2D eigenvalue weighted by molar-refractivity contribution is -0.111. The molecular formula is C18H18BrNO5. The van der Waals surface area contributed by atoms with E-state index < -0.39 is 11.9 Å². The van der Waals surface area contributed by atoms with E-state index in [1.165, 1.54) is 18.2 Å². The van der Waals surface area contributed by atoms with E-state index in [0.29, 0.717) is 4.47 Å². The maximum atomic E-state index is 12.1. The van der Waals surface area contributed by atoms with Crippen LogP contribution in [0.15, 0.2) is 58.6 Å². The number of hydrogen-bond donors (Lipinski definition) is 2. The highest BCUT2D eigenvalue weighted by Crippen LogP contribution is 2.21. The first-order valence-electron chi connectivity index (χ1n) is 7.42. The number of carboxylic acids is 1. The van der Waals surface area contributed by atoms with Gasteiger partial charge in [-0.2, -0.15) is 0 Å². The number of carboxylic acid groups (broad SMARTS) is 1. The number of anilines is 1. The van der Waals surface area contributed by atoms with E-state index in [1.54, 1.807) is 26.4 Å². The van der Waals surface area contributed by atoms with Gasteiger partial charge in [0.2, 0.25) is 5.91 Å². The van der Waals surface area contributed by atoms with Crippen LogP contribution in [0.25, 0.3) is 0 Å². The van der Waals surface area contributed by atoms with Crippen LogP contribution in [0.3, 0.4) is 0 Å². The molecule has 0 saturated heterocycles. The minimum atomic E-state index is -1.12. The summed E-state index contributed by atoms with van der Waals surface area (Å²) in [5, 5.41) is 11.8. The monoisotopic (exact) mass is 407 g/mol. The van der Waals surface area contributed by atoms with Crippen molar-refractivity contribution in [3.05, 3.63) is 64.2 Å². The second-order valence-corrected chi connectivity index (χ2v) is 6.16. The Morgan fingerprint density at radius 2 is 1.96 bits per heavy atom. The molecule has 0 saturated carbocycles. The van der Waals surface area contributed by atoms with Crippen molar-refractivity contribution in [2.45, 2.75) is 12.2 Å². The number of carbonyl (C=O) groups excluding carboxylic acids is 1. The Morgan fingerprint density at radius 3 is 2.60 bits per heavy atom. The summed E-state index contributed by atoms with van der Waals surface area (Å²) in [6.45, 7) is 0. The maximum absolute atomic E-state index is 12.1. The third-order valence-electron chi connectivity index (χ3n) is 3.60. The van der Waals surface area contributed by atoms with Crippen LogP contribution in [0.2, 0.25) is 0 Å². The molecule has 2 unspecified atom stereocenters. The van der Waals surface area contributed by atoms with Crippen LogP contribution in [-0.4, -0.2) is 43.4 Å². The highest BCUT2D eigenvalue weighted by molar-refractivity contribution is 9.10. The molecule has 1 aliphatic rings. The molecular weight excluding hydrogens is 390 g/mol. The minimum Gasteiger partial charge on any atom is -0.478 e. The molecule has 2 N–H and O–H groups in total. The quantitative estimate of drug-likeness (QED) is 0.707. The average Bonchev–Trinajstić information content (AvgIpc) is 2.61. The molecule has 0 bridgehead atoms. The summed E-state index contributed by atoms with van der Waals surface area (Å²) < 4.78 is 11.2. The molecule has 6 nitrogen and oxygen atoms in total. The van der Waals surface area contributed by atoms with Crippen molar-refractivity contribution >= 4 is 33.5 Å². The number of rotatable bonds is 6. The molecule has 7 heteroatoms. The Kier molecular flexibility index (Phi) is 6.69. The van der Waals surface area contributed by atoms with Gasteiger partial charge in [0.1, 0.15) is 12.2 Å². The van der Waals surface area contributed by atoms with Gasteiger partial charge in [-0.15, -0.1) is 0 Å². The van der Waals surface area contributed by atoms with Crippen LogP contribution < -0.4 is 5.32 Å². The highest BCUT2D eigenvalue weighted by atomic mass is 79.9. The third kappa shape index (κ3) is 5.12. The number of ether oxygens (including phenoxy) is 2. The normalized spacial score (nSPS) is 19.7. The van der Waals surface area contributed by atoms with E-state index in [-0.39, 0.29) is 23.5 Å². The van der Waals surface area contributed by atoms with Gasteiger partial charge in [0, 0.05) is 24.8 Å². The van der Waals surface area contributed by atoms with Crippen LogP contribution in [0, 0.1) is 0 Å². The molecule has 2 rings (SSSR count). The molecule has 1 aliphatic carbocycles. The van der Waals surface area contributed by atoms with Crippen molar-refractivity contribution < 1.29 is 24.2 Å². The summed E-state index contributed by atoms with van der Waals surface area (Å²) in [5.74, 6) is -1.55. The Labute approximate surface area is 153 Å². The van der Waals surface area contributed by atoms with Gasteiger partial charge >= 0.3 is 5.97 Å². The number of amides is 1. The first-order valence-corrected chi connectivity index (χ1v) is 8.21. The van der Waals surface area contributed by atoms with E-state index in [2.05, 4.69) is 21.2 Å². The summed E-state index contributed by atoms with van der Waals surface area (Å²) >= 11 is 3.21. The average molecular weight is 408 g/mol. The molecule has 0 radical (unpaired) electrons. The van der Waals surface area contributed by atoms with E-state index in [4.69, 9.17) is 9.47 Å². The summed E-state index contributed by atoms with van der Waals surface area (Å²) in [6.07, 6.45) is 8.09. The fraction of sp³-hybridized carbons (Fsp3) is 0.222. The Hall–Kier alpha value is -2.22. The first kappa shape index (κ1) is 19.1. The SMILES string of the molecule is COC1C=CC(/C=C/C(=O)Nc2ccc(Br)cc2C(=O)O)=CC1OC. The van der Waals surface area contributed by atoms with Crippen LogP contribution >= 0.6 is 15.9 Å². The van der Waals surface area contributed by atoms with Crippen LogP contribution in [0.5, 0.6) is 0 Å². The number of allylic oxidation sites excluding steroid dienone is 3. The second kappa shape index (κ2) is 8.75. The van der Waals surface area contributed by atoms with Gasteiger partial charge in [0.25, 0.3) is 0 Å². The molecule has 132 valence electrons. The molecule has 1 aromatic rings. The fourth-order valence-corrected chi connectivity index (χ4v) is 2.69. The predicted molar refractivity (Wildman–Crippen MR) is 97.7 cm³/mol. The van der Waals surface area contributed by atoms with Gasteiger partial charge in [-0.3, -0.25) is 4.79 Å². The van der Waals surface area contributed by atoms with Crippen molar-refractivity contribution in [1.82, 2.24) is 0 Å². The first-order chi connectivity index (χ1) is 11.9. The maximum Gasteiger partial charge on any atom is 0.337 e. The van der Waals surface area contributed by atoms with Gasteiger partial charge in [0.05, 0.1) is 11.3 Å². The van der Waals surface area contributed by atoms with Gasteiger partial charge in [-0.25, -0.2) is 4.79 Å². The lowest BCUT2D eigenvalue weighted by Crippen LogP contribution is -2.28. The molecule has 1 aromatic carbocycles. The van der Waals surface area contributed by atoms with Crippen LogP contribution in [0.1, 0.15) is 10.4 Å². The molecule has 0 aromatic heterocycles. The second-order valence-electron chi connectivity index (χ2n) is 5.24. The summed E-state index contributed by atoms with van der Waals surface area (Å²) in [6, 6.07) is 4.62. The smallest absolute Gasteiger partial charge is 0.337 e. The number of methoxy groups -OCH3 is 2. The van der Waals surface area contributed by atoms with Crippen LogP contribution in [-0.2, 0) is 14.3 Å². The van der Waals surface area contributed by atoms with E-state index in [9.17, 15) is 14.7 Å². The number of carbonyl (C=O) groups is 2.